The van der Waals surface area contributed by atoms with Crippen LogP contribution in [0.15, 0.2) is 0 Å². The minimum atomic E-state index is -1.65. The molecular formula is C28H52Si3Th. The molecule has 0 saturated heterocycles. The molecule has 2 aliphatic rings. The third-order valence-corrected chi connectivity index (χ3v) is 10.1. The van der Waals surface area contributed by atoms with Gasteiger partial charge in [-0.1, -0.05) is 108 Å². The number of hydrogen-bond acceptors (Lipinski definition) is 0. The first-order valence-corrected chi connectivity index (χ1v) is 22.1. The van der Waals surface area contributed by atoms with Crippen LogP contribution in [0.4, 0.5) is 0 Å². The van der Waals surface area contributed by atoms with E-state index in [9.17, 15) is 0 Å². The molecule has 0 aliphatic heterocycles. The average molecular weight is 705 g/mol. The van der Waals surface area contributed by atoms with Crippen molar-refractivity contribution < 1.29 is 39.9 Å². The smallest absolute Gasteiger partial charge is 0.342 e. The van der Waals surface area contributed by atoms with Gasteiger partial charge in [0, 0.05) is 0 Å². The molecular weight excluding hydrogens is 653 g/mol. The zero-order chi connectivity index (χ0) is 25.3. The van der Waals surface area contributed by atoms with Gasteiger partial charge in [-0.25, -0.2) is 0 Å². The molecule has 0 aromatic heterocycles. The molecule has 2 rings (SSSR count). The van der Waals surface area contributed by atoms with E-state index in [-0.39, 0.29) is 39.9 Å². The topological polar surface area (TPSA) is 0 Å². The van der Waals surface area contributed by atoms with Crippen LogP contribution in [-0.4, -0.2) is 24.2 Å². The van der Waals surface area contributed by atoms with Crippen molar-refractivity contribution in [3.63, 3.8) is 0 Å². The van der Waals surface area contributed by atoms with E-state index >= 15 is 0 Å². The Balaban J connectivity index is 0. The molecule has 0 atom stereocenters. The van der Waals surface area contributed by atoms with Gasteiger partial charge in [0.1, 0.15) is 0 Å². The maximum Gasteiger partial charge on any atom is 2.00 e. The molecule has 2 aliphatic carbocycles. The minimum Gasteiger partial charge on any atom is -0.342 e. The molecule has 0 N–H and O–H groups in total. The quantitative estimate of drug-likeness (QED) is 0.199. The van der Waals surface area contributed by atoms with Gasteiger partial charge in [0.05, 0.1) is 8.07 Å². The second-order valence-corrected chi connectivity index (χ2v) is 27.0. The van der Waals surface area contributed by atoms with E-state index in [1.165, 1.54) is 47.3 Å². The Kier molecular flexibility index (Phi) is 15.2. The molecule has 0 aromatic carbocycles. The Labute approximate surface area is 241 Å². The molecule has 4 heteroatoms. The minimum absolute atomic E-state index is 0. The zero-order valence-electron chi connectivity index (χ0n) is 24.4. The fourth-order valence-corrected chi connectivity index (χ4v) is 9.19. The van der Waals surface area contributed by atoms with E-state index in [0.29, 0.717) is 0 Å². The van der Waals surface area contributed by atoms with Crippen molar-refractivity contribution in [2.45, 2.75) is 108 Å². The van der Waals surface area contributed by atoms with E-state index in [1.54, 1.807) is 11.1 Å². The predicted molar refractivity (Wildman–Crippen MR) is 153 cm³/mol. The monoisotopic (exact) mass is 704 g/mol. The Morgan fingerprint density at radius 3 is 0.625 bits per heavy atom. The van der Waals surface area contributed by atoms with E-state index < -0.39 is 24.2 Å². The zero-order valence-corrected chi connectivity index (χ0v) is 31.5. The first-order valence-electron chi connectivity index (χ1n) is 11.7. The second-order valence-electron chi connectivity index (χ2n) is 12.5. The summed E-state index contributed by atoms with van der Waals surface area (Å²) < 4.78 is 0. The van der Waals surface area contributed by atoms with Gasteiger partial charge in [-0.15, -0.1) is 16.1 Å². The predicted octanol–water partition coefficient (Wildman–Crippen LogP) is 9.10. The van der Waals surface area contributed by atoms with Crippen LogP contribution in [0.1, 0.15) is 55.4 Å². The molecule has 0 unspecified atom stereocenters. The molecule has 0 heterocycles. The summed E-state index contributed by atoms with van der Waals surface area (Å²) in [6.45, 7) is 44.6. The van der Waals surface area contributed by atoms with Gasteiger partial charge in [-0.3, -0.25) is 0 Å². The normalized spacial score (nSPS) is 23.1. The fraction of sp³-hybridized carbons (Fsp3) is 0.571. The summed E-state index contributed by atoms with van der Waals surface area (Å²) >= 11 is 0. The standard InChI is InChI=1S/C20H30Si.2C4H11Si.Th/c1-11-12(2)16(6)19(15(11)5)21(9,10)20-17(7)13(3)14(4)18(20)8;2*1-5(2,3)4;/h1-10H3;2*1H2,2-4H3;/q;2*-1;+2. The summed E-state index contributed by atoms with van der Waals surface area (Å²) in [5, 5.41) is 0. The van der Waals surface area contributed by atoms with Crippen molar-refractivity contribution in [3.05, 3.63) is 71.5 Å². The summed E-state index contributed by atoms with van der Waals surface area (Å²) in [5.74, 6) is 12.1. The number of hydrogen-bond donors (Lipinski definition) is 0. The van der Waals surface area contributed by atoms with Crippen LogP contribution in [0, 0.1) is 111 Å². The van der Waals surface area contributed by atoms with Gasteiger partial charge in [-0.2, -0.15) is 0 Å². The first kappa shape index (κ1) is 36.1. The molecule has 0 spiro atoms. The molecule has 0 aromatic rings. The largest absolute Gasteiger partial charge is 2.00 e. The van der Waals surface area contributed by atoms with E-state index in [4.69, 9.17) is 0 Å². The molecule has 2 fully saturated rings. The fourth-order valence-electron chi connectivity index (χ4n) is 4.44. The van der Waals surface area contributed by atoms with Crippen LogP contribution in [0.2, 0.25) is 52.4 Å². The van der Waals surface area contributed by atoms with Crippen LogP contribution in [-0.2, 0) is 0 Å². The summed E-state index contributed by atoms with van der Waals surface area (Å²) in [6.07, 6.45) is 0. The van der Waals surface area contributed by atoms with Crippen LogP contribution in [0.5, 0.6) is 0 Å². The van der Waals surface area contributed by atoms with Crippen molar-refractivity contribution >= 4 is 24.2 Å². The molecule has 180 valence electrons. The SMILES string of the molecule is C[C]1[C](C)[C](C)[C]([Si](C)(C)[C]2[C](C)[C](C)[C](C)[C]2C)[C]1C.[CH2-][Si](C)(C)C.[CH2-][Si](C)(C)C.[Th+2]. The molecule has 2 saturated carbocycles. The Hall–Kier alpha value is 1.98. The third kappa shape index (κ3) is 10.5. The maximum atomic E-state index is 3.91. The van der Waals surface area contributed by atoms with Crippen molar-refractivity contribution in [1.29, 1.82) is 0 Å². The van der Waals surface area contributed by atoms with Gasteiger partial charge in [0.2, 0.25) is 0 Å². The third-order valence-electron chi connectivity index (χ3n) is 6.12. The Bertz CT molecular complexity index is 448. The summed E-state index contributed by atoms with van der Waals surface area (Å²) in [5.41, 5.74) is 3.35. The van der Waals surface area contributed by atoms with Crippen LogP contribution in [0.25, 0.3) is 0 Å². The van der Waals surface area contributed by atoms with Gasteiger partial charge >= 0.3 is 39.9 Å². The number of rotatable bonds is 2. The van der Waals surface area contributed by atoms with Crippen LogP contribution >= 0.6 is 0 Å². The van der Waals surface area contributed by atoms with Gasteiger partial charge < -0.3 is 13.1 Å². The van der Waals surface area contributed by atoms with Gasteiger partial charge in [0.25, 0.3) is 0 Å². The summed E-state index contributed by atoms with van der Waals surface area (Å²) in [6, 6.07) is 0. The average Bonchev–Trinajstić information content (AvgIpc) is 2.85. The van der Waals surface area contributed by atoms with Gasteiger partial charge in [-0.05, 0) is 58.4 Å². The van der Waals surface area contributed by atoms with Crippen molar-refractivity contribution in [2.24, 2.45) is 0 Å². The Morgan fingerprint density at radius 1 is 0.375 bits per heavy atom. The molecule has 10 radical (unpaired) electrons. The van der Waals surface area contributed by atoms with Crippen molar-refractivity contribution in [2.75, 3.05) is 0 Å². The Morgan fingerprint density at radius 2 is 0.500 bits per heavy atom. The van der Waals surface area contributed by atoms with E-state index in [0.717, 1.165) is 0 Å². The molecule has 0 bridgehead atoms. The van der Waals surface area contributed by atoms with E-state index in [2.05, 4.69) is 121 Å². The van der Waals surface area contributed by atoms with Crippen molar-refractivity contribution in [1.82, 2.24) is 0 Å². The summed E-state index contributed by atoms with van der Waals surface area (Å²) in [7, 11) is -3.38. The van der Waals surface area contributed by atoms with Crippen LogP contribution < -0.4 is 0 Å². The second kappa shape index (κ2) is 13.5. The first-order chi connectivity index (χ1) is 13.5. The summed E-state index contributed by atoms with van der Waals surface area (Å²) in [4.78, 5) is 0. The molecule has 0 nitrogen and oxygen atoms in total. The maximum absolute atomic E-state index is 3.91. The molecule has 32 heavy (non-hydrogen) atoms. The van der Waals surface area contributed by atoms with Gasteiger partial charge in [0.15, 0.2) is 0 Å². The van der Waals surface area contributed by atoms with Crippen molar-refractivity contribution in [3.8, 4) is 0 Å². The van der Waals surface area contributed by atoms with Crippen LogP contribution in [0.3, 0.4) is 0 Å². The molecule has 0 amide bonds. The van der Waals surface area contributed by atoms with E-state index in [1.807, 2.05) is 0 Å².